The fourth-order valence-corrected chi connectivity index (χ4v) is 3.25. The van der Waals surface area contributed by atoms with E-state index in [1.165, 1.54) is 5.56 Å². The number of rotatable bonds is 10. The molecule has 0 unspecified atom stereocenters. The Morgan fingerprint density at radius 2 is 1.96 bits per heavy atom. The van der Waals surface area contributed by atoms with E-state index in [0.29, 0.717) is 37.6 Å². The predicted molar refractivity (Wildman–Crippen MR) is 102 cm³/mol. The van der Waals surface area contributed by atoms with E-state index in [4.69, 9.17) is 9.47 Å². The minimum Gasteiger partial charge on any atom is -0.493 e. The average Bonchev–Trinajstić information content (AvgIpc) is 3.15. The molecule has 0 saturated heterocycles. The van der Waals surface area contributed by atoms with Gasteiger partial charge < -0.3 is 19.7 Å². The van der Waals surface area contributed by atoms with Gasteiger partial charge >= 0.3 is 0 Å². The summed E-state index contributed by atoms with van der Waals surface area (Å²) >= 11 is 1.65. The van der Waals surface area contributed by atoms with Crippen molar-refractivity contribution in [3.8, 4) is 11.5 Å². The van der Waals surface area contributed by atoms with Crippen LogP contribution in [0.5, 0.6) is 11.5 Å². The molecule has 2 rings (SSSR count). The van der Waals surface area contributed by atoms with Crippen LogP contribution in [0.1, 0.15) is 17.5 Å². The van der Waals surface area contributed by atoms with Crippen LogP contribution in [0.25, 0.3) is 0 Å². The molecule has 5 nitrogen and oxygen atoms in total. The number of methoxy groups -OCH3 is 2. The molecule has 1 amide bonds. The topological polar surface area (TPSA) is 50.8 Å². The first-order valence-corrected chi connectivity index (χ1v) is 9.26. The Morgan fingerprint density at radius 3 is 2.60 bits per heavy atom. The van der Waals surface area contributed by atoms with E-state index in [1.807, 2.05) is 35.5 Å². The Kier molecular flexibility index (Phi) is 7.76. The monoisotopic (exact) mass is 362 g/mol. The lowest BCUT2D eigenvalue weighted by atomic mass is 10.1. The molecule has 0 aliphatic carbocycles. The standard InChI is InChI=1S/C19H26N2O3S/c1-20-9-6-19(22)21(13-16-8-11-25-14-16)10-7-15-4-5-17(23-2)18(12-15)24-3/h4-5,8,11-12,14,20H,6-7,9-10,13H2,1-3H3. The van der Waals surface area contributed by atoms with E-state index in [9.17, 15) is 4.79 Å². The molecule has 136 valence electrons. The summed E-state index contributed by atoms with van der Waals surface area (Å²) in [4.78, 5) is 14.4. The van der Waals surface area contributed by atoms with Gasteiger partial charge in [-0.1, -0.05) is 6.07 Å². The molecule has 1 N–H and O–H groups in total. The van der Waals surface area contributed by atoms with Crippen molar-refractivity contribution in [2.75, 3.05) is 34.4 Å². The van der Waals surface area contributed by atoms with Crippen LogP contribution in [0.3, 0.4) is 0 Å². The quantitative estimate of drug-likeness (QED) is 0.706. The van der Waals surface area contributed by atoms with Crippen LogP contribution in [0.4, 0.5) is 0 Å². The van der Waals surface area contributed by atoms with Gasteiger partial charge in [-0.25, -0.2) is 0 Å². The minimum atomic E-state index is 0.168. The number of hydrogen-bond acceptors (Lipinski definition) is 5. The molecule has 1 aromatic carbocycles. The second-order valence-electron chi connectivity index (χ2n) is 5.74. The van der Waals surface area contributed by atoms with Crippen LogP contribution in [0.15, 0.2) is 35.0 Å². The molecule has 0 aliphatic rings. The third kappa shape index (κ3) is 5.76. The number of ether oxygens (including phenoxy) is 2. The molecule has 0 atom stereocenters. The Labute approximate surface area is 153 Å². The molecule has 6 heteroatoms. The van der Waals surface area contributed by atoms with E-state index in [0.717, 1.165) is 12.0 Å². The van der Waals surface area contributed by atoms with Gasteiger partial charge in [0.2, 0.25) is 5.91 Å². The second-order valence-corrected chi connectivity index (χ2v) is 6.52. The molecular formula is C19H26N2O3S. The van der Waals surface area contributed by atoms with Crippen LogP contribution in [-0.4, -0.2) is 45.2 Å². The third-order valence-corrected chi connectivity index (χ3v) is 4.75. The number of nitrogens with zero attached hydrogens (tertiary/aromatic N) is 1. The summed E-state index contributed by atoms with van der Waals surface area (Å²) in [6, 6.07) is 7.96. The van der Waals surface area contributed by atoms with Gasteiger partial charge in [-0.15, -0.1) is 0 Å². The highest BCUT2D eigenvalue weighted by Crippen LogP contribution is 2.27. The molecule has 0 fully saturated rings. The highest BCUT2D eigenvalue weighted by molar-refractivity contribution is 7.07. The number of hydrogen-bond donors (Lipinski definition) is 1. The van der Waals surface area contributed by atoms with Crippen molar-refractivity contribution in [3.63, 3.8) is 0 Å². The Bertz CT molecular complexity index is 659. The Morgan fingerprint density at radius 1 is 1.16 bits per heavy atom. The summed E-state index contributed by atoms with van der Waals surface area (Å²) in [5.41, 5.74) is 2.30. The van der Waals surface area contributed by atoms with Crippen molar-refractivity contribution in [1.29, 1.82) is 0 Å². The largest absolute Gasteiger partial charge is 0.493 e. The molecule has 0 spiro atoms. The fraction of sp³-hybridized carbons (Fsp3) is 0.421. The minimum absolute atomic E-state index is 0.168. The lowest BCUT2D eigenvalue weighted by Crippen LogP contribution is -2.34. The van der Waals surface area contributed by atoms with Crippen molar-refractivity contribution in [1.82, 2.24) is 10.2 Å². The zero-order valence-corrected chi connectivity index (χ0v) is 15.9. The molecule has 0 bridgehead atoms. The predicted octanol–water partition coefficient (Wildman–Crippen LogP) is 2.95. The van der Waals surface area contributed by atoms with Crippen LogP contribution >= 0.6 is 11.3 Å². The molecular weight excluding hydrogens is 336 g/mol. The smallest absolute Gasteiger partial charge is 0.224 e. The van der Waals surface area contributed by atoms with Crippen LogP contribution in [0, 0.1) is 0 Å². The molecule has 0 radical (unpaired) electrons. The zero-order valence-electron chi connectivity index (χ0n) is 15.1. The molecule has 1 aromatic heterocycles. The normalized spacial score (nSPS) is 10.5. The molecule has 0 aliphatic heterocycles. The Balaban J connectivity index is 2.04. The first kappa shape index (κ1) is 19.3. The van der Waals surface area contributed by atoms with E-state index in [2.05, 4.69) is 16.8 Å². The van der Waals surface area contributed by atoms with Crippen LogP contribution < -0.4 is 14.8 Å². The molecule has 25 heavy (non-hydrogen) atoms. The number of carbonyl (C=O) groups excluding carboxylic acids is 1. The van der Waals surface area contributed by atoms with Crippen LogP contribution in [0.2, 0.25) is 0 Å². The maximum absolute atomic E-state index is 12.5. The average molecular weight is 362 g/mol. The molecule has 2 aromatic rings. The van der Waals surface area contributed by atoms with E-state index < -0.39 is 0 Å². The van der Waals surface area contributed by atoms with Gasteiger partial charge in [0.1, 0.15) is 0 Å². The summed E-state index contributed by atoms with van der Waals surface area (Å²) in [7, 11) is 5.12. The summed E-state index contributed by atoms with van der Waals surface area (Å²) in [6.07, 6.45) is 1.28. The number of nitrogens with one attached hydrogen (secondary N) is 1. The van der Waals surface area contributed by atoms with Crippen molar-refractivity contribution in [3.05, 3.63) is 46.2 Å². The van der Waals surface area contributed by atoms with Gasteiger partial charge in [0.25, 0.3) is 0 Å². The maximum atomic E-state index is 12.5. The highest BCUT2D eigenvalue weighted by Gasteiger charge is 2.14. The van der Waals surface area contributed by atoms with E-state index >= 15 is 0 Å². The van der Waals surface area contributed by atoms with Crippen molar-refractivity contribution >= 4 is 17.2 Å². The first-order chi connectivity index (χ1) is 12.2. The van der Waals surface area contributed by atoms with Gasteiger partial charge in [0, 0.05) is 26.1 Å². The van der Waals surface area contributed by atoms with E-state index in [1.54, 1.807) is 25.6 Å². The summed E-state index contributed by atoms with van der Waals surface area (Å²) < 4.78 is 10.6. The fourth-order valence-electron chi connectivity index (χ4n) is 2.59. The van der Waals surface area contributed by atoms with Crippen LogP contribution in [-0.2, 0) is 17.8 Å². The Hall–Kier alpha value is -2.05. The number of amides is 1. The van der Waals surface area contributed by atoms with E-state index in [-0.39, 0.29) is 5.91 Å². The number of thiophene rings is 1. The SMILES string of the molecule is CNCCC(=O)N(CCc1ccc(OC)c(OC)c1)Cc1ccsc1. The highest BCUT2D eigenvalue weighted by atomic mass is 32.1. The van der Waals surface area contributed by atoms with Crippen molar-refractivity contribution in [2.24, 2.45) is 0 Å². The molecule has 0 saturated carbocycles. The number of carbonyl (C=O) groups is 1. The second kappa shape index (κ2) is 10.1. The summed E-state index contributed by atoms with van der Waals surface area (Å²) in [5, 5.41) is 7.17. The van der Waals surface area contributed by atoms with Gasteiger partial charge in [0.05, 0.1) is 14.2 Å². The third-order valence-electron chi connectivity index (χ3n) is 4.01. The number of benzene rings is 1. The lowest BCUT2D eigenvalue weighted by Gasteiger charge is -2.23. The van der Waals surface area contributed by atoms with Gasteiger partial charge in [-0.3, -0.25) is 4.79 Å². The lowest BCUT2D eigenvalue weighted by molar-refractivity contribution is -0.131. The summed E-state index contributed by atoms with van der Waals surface area (Å²) in [5.74, 6) is 1.60. The summed E-state index contributed by atoms with van der Waals surface area (Å²) in [6.45, 7) is 2.02. The van der Waals surface area contributed by atoms with Crippen molar-refractivity contribution in [2.45, 2.75) is 19.4 Å². The van der Waals surface area contributed by atoms with Gasteiger partial charge in [-0.05, 0) is 53.6 Å². The first-order valence-electron chi connectivity index (χ1n) is 8.32. The van der Waals surface area contributed by atoms with Gasteiger partial charge in [0.15, 0.2) is 11.5 Å². The van der Waals surface area contributed by atoms with Crippen molar-refractivity contribution < 1.29 is 14.3 Å². The van der Waals surface area contributed by atoms with Gasteiger partial charge in [-0.2, -0.15) is 11.3 Å². The molecule has 1 heterocycles. The maximum Gasteiger partial charge on any atom is 0.224 e. The zero-order chi connectivity index (χ0) is 18.1.